The molecule has 106 valence electrons. The van der Waals surface area contributed by atoms with E-state index in [1.807, 2.05) is 26.0 Å². The molecule has 2 N–H and O–H groups in total. The summed E-state index contributed by atoms with van der Waals surface area (Å²) in [6.07, 6.45) is 0. The molecule has 0 saturated heterocycles. The van der Waals surface area contributed by atoms with Crippen LogP contribution in [0.5, 0.6) is 0 Å². The van der Waals surface area contributed by atoms with Crippen molar-refractivity contribution in [3.8, 4) is 0 Å². The van der Waals surface area contributed by atoms with Gasteiger partial charge in [-0.2, -0.15) is 0 Å². The van der Waals surface area contributed by atoms with Crippen LogP contribution < -0.4 is 5.73 Å². The third-order valence-corrected chi connectivity index (χ3v) is 4.49. The number of aryl methyl sites for hydroxylation is 1. The number of hydrogen-bond donors (Lipinski definition) is 1. The molecule has 3 nitrogen and oxygen atoms in total. The number of nitrogens with two attached hydrogens (primary N) is 1. The lowest BCUT2D eigenvalue weighted by molar-refractivity contribution is 0.0746. The lowest BCUT2D eigenvalue weighted by Crippen LogP contribution is -2.29. The van der Waals surface area contributed by atoms with Gasteiger partial charge < -0.3 is 10.6 Å². The maximum absolute atomic E-state index is 13.0. The number of benzene rings is 1. The van der Waals surface area contributed by atoms with Crippen molar-refractivity contribution >= 4 is 22.9 Å². The van der Waals surface area contributed by atoms with Crippen molar-refractivity contribution in [1.29, 1.82) is 0 Å². The number of carbonyl (C=O) groups is 1. The van der Waals surface area contributed by atoms with Crippen molar-refractivity contribution in [1.82, 2.24) is 4.90 Å². The second-order valence-corrected chi connectivity index (χ2v) is 6.09. The first-order valence-corrected chi connectivity index (χ1v) is 7.10. The van der Waals surface area contributed by atoms with Gasteiger partial charge in [-0.25, -0.2) is 4.39 Å². The summed E-state index contributed by atoms with van der Waals surface area (Å²) in [5.41, 5.74) is 6.21. The van der Waals surface area contributed by atoms with E-state index in [4.69, 9.17) is 5.73 Å². The molecule has 5 heteroatoms. The molecule has 1 aromatic carbocycles. The second kappa shape index (κ2) is 5.63. The van der Waals surface area contributed by atoms with Gasteiger partial charge in [0.05, 0.1) is 11.6 Å². The fourth-order valence-corrected chi connectivity index (χ4v) is 2.94. The summed E-state index contributed by atoms with van der Waals surface area (Å²) < 4.78 is 13.0. The van der Waals surface area contributed by atoms with Crippen molar-refractivity contribution in [2.45, 2.75) is 19.9 Å². The van der Waals surface area contributed by atoms with Gasteiger partial charge in [0.25, 0.3) is 5.91 Å². The van der Waals surface area contributed by atoms with E-state index in [0.717, 1.165) is 4.88 Å². The van der Waals surface area contributed by atoms with E-state index >= 15 is 0 Å². The fraction of sp³-hybridized carbons (Fsp3) is 0.267. The van der Waals surface area contributed by atoms with Crippen LogP contribution >= 0.6 is 11.3 Å². The van der Waals surface area contributed by atoms with Gasteiger partial charge in [0, 0.05) is 22.5 Å². The Labute approximate surface area is 121 Å². The zero-order valence-corrected chi connectivity index (χ0v) is 12.5. The van der Waals surface area contributed by atoms with Crippen LogP contribution in [0.25, 0.3) is 0 Å². The Morgan fingerprint density at radius 3 is 2.60 bits per heavy atom. The molecule has 0 aliphatic heterocycles. The lowest BCUT2D eigenvalue weighted by atomic mass is 10.1. The Balaban J connectivity index is 2.24. The summed E-state index contributed by atoms with van der Waals surface area (Å²) in [5.74, 6) is -0.648. The van der Waals surface area contributed by atoms with Crippen molar-refractivity contribution in [3.63, 3.8) is 0 Å². The third kappa shape index (κ3) is 2.82. The predicted molar refractivity (Wildman–Crippen MR) is 80.4 cm³/mol. The van der Waals surface area contributed by atoms with E-state index in [2.05, 4.69) is 0 Å². The topological polar surface area (TPSA) is 46.3 Å². The third-order valence-electron chi connectivity index (χ3n) is 3.32. The molecule has 0 saturated carbocycles. The molecule has 0 bridgehead atoms. The minimum atomic E-state index is -0.441. The van der Waals surface area contributed by atoms with Gasteiger partial charge in [0.15, 0.2) is 0 Å². The summed E-state index contributed by atoms with van der Waals surface area (Å²) in [7, 11) is 1.73. The second-order valence-electron chi connectivity index (χ2n) is 4.77. The highest BCUT2D eigenvalue weighted by atomic mass is 32.1. The highest BCUT2D eigenvalue weighted by molar-refractivity contribution is 7.12. The standard InChI is InChI=1S/C15H17FN2OS/c1-9-4-7-14(20-9)10(2)18(3)15(19)12-6-5-11(16)8-13(12)17/h4-8,10H,17H2,1-3H3. The van der Waals surface area contributed by atoms with Crippen LogP contribution in [0.2, 0.25) is 0 Å². The highest BCUT2D eigenvalue weighted by Crippen LogP contribution is 2.28. The van der Waals surface area contributed by atoms with Crippen molar-refractivity contribution < 1.29 is 9.18 Å². The zero-order chi connectivity index (χ0) is 14.9. The van der Waals surface area contributed by atoms with Gasteiger partial charge >= 0.3 is 0 Å². The van der Waals surface area contributed by atoms with E-state index < -0.39 is 5.82 Å². The van der Waals surface area contributed by atoms with Gasteiger partial charge in [-0.15, -0.1) is 11.3 Å². The average molecular weight is 292 g/mol. The van der Waals surface area contributed by atoms with E-state index in [-0.39, 0.29) is 17.6 Å². The smallest absolute Gasteiger partial charge is 0.256 e. The molecule has 2 rings (SSSR count). The Morgan fingerprint density at radius 1 is 1.35 bits per heavy atom. The van der Waals surface area contributed by atoms with Crippen LogP contribution in [0.3, 0.4) is 0 Å². The van der Waals surface area contributed by atoms with Crippen LogP contribution in [0, 0.1) is 12.7 Å². The fourth-order valence-electron chi connectivity index (χ4n) is 1.96. The Kier molecular flexibility index (Phi) is 4.09. The van der Waals surface area contributed by atoms with Gasteiger partial charge in [-0.3, -0.25) is 4.79 Å². The summed E-state index contributed by atoms with van der Waals surface area (Å²) in [4.78, 5) is 16.4. The first kappa shape index (κ1) is 14.5. The normalized spacial score (nSPS) is 12.2. The van der Waals surface area contributed by atoms with E-state index in [9.17, 15) is 9.18 Å². The largest absolute Gasteiger partial charge is 0.398 e. The maximum atomic E-state index is 13.0. The molecular weight excluding hydrogens is 275 g/mol. The molecule has 1 heterocycles. The molecule has 0 radical (unpaired) electrons. The number of anilines is 1. The molecule has 20 heavy (non-hydrogen) atoms. The van der Waals surface area contributed by atoms with Gasteiger partial charge in [-0.1, -0.05) is 0 Å². The quantitative estimate of drug-likeness (QED) is 0.878. The number of thiophene rings is 1. The number of nitrogen functional groups attached to an aromatic ring is 1. The Bertz CT molecular complexity index is 639. The van der Waals surface area contributed by atoms with Gasteiger partial charge in [0.2, 0.25) is 0 Å². The predicted octanol–water partition coefficient (Wildman–Crippen LogP) is 3.61. The van der Waals surface area contributed by atoms with Gasteiger partial charge in [-0.05, 0) is 44.2 Å². The van der Waals surface area contributed by atoms with E-state index in [1.54, 1.807) is 23.3 Å². The number of hydrogen-bond acceptors (Lipinski definition) is 3. The average Bonchev–Trinajstić information content (AvgIpc) is 2.83. The summed E-state index contributed by atoms with van der Waals surface area (Å²) in [6.45, 7) is 3.99. The number of rotatable bonds is 3. The monoisotopic (exact) mass is 292 g/mol. The molecule has 2 aromatic rings. The number of carbonyl (C=O) groups excluding carboxylic acids is 1. The first-order valence-electron chi connectivity index (χ1n) is 6.28. The van der Waals surface area contributed by atoms with Crippen LogP contribution in [-0.4, -0.2) is 17.9 Å². The molecule has 0 fully saturated rings. The molecule has 0 aliphatic carbocycles. The van der Waals surface area contributed by atoms with Crippen LogP contribution in [0.15, 0.2) is 30.3 Å². The summed E-state index contributed by atoms with van der Waals surface area (Å²) in [6, 6.07) is 7.84. The highest BCUT2D eigenvalue weighted by Gasteiger charge is 2.21. The van der Waals surface area contributed by atoms with Crippen LogP contribution in [0.1, 0.15) is 33.1 Å². The molecule has 1 amide bonds. The maximum Gasteiger partial charge on any atom is 0.256 e. The lowest BCUT2D eigenvalue weighted by Gasteiger charge is -2.24. The SMILES string of the molecule is Cc1ccc(C(C)N(C)C(=O)c2ccc(F)cc2N)s1. The van der Waals surface area contributed by atoms with E-state index in [1.165, 1.54) is 23.1 Å². The molecule has 1 atom stereocenters. The molecule has 0 aliphatic rings. The molecule has 0 spiro atoms. The minimum absolute atomic E-state index is 0.0503. The number of amides is 1. The van der Waals surface area contributed by atoms with Crippen molar-refractivity contribution in [2.75, 3.05) is 12.8 Å². The van der Waals surface area contributed by atoms with Crippen molar-refractivity contribution in [2.24, 2.45) is 0 Å². The molecule has 1 aromatic heterocycles. The van der Waals surface area contributed by atoms with E-state index in [0.29, 0.717) is 5.56 Å². The Morgan fingerprint density at radius 2 is 2.05 bits per heavy atom. The summed E-state index contributed by atoms with van der Waals surface area (Å²) in [5, 5.41) is 0. The first-order chi connectivity index (χ1) is 9.40. The minimum Gasteiger partial charge on any atom is -0.398 e. The summed E-state index contributed by atoms with van der Waals surface area (Å²) >= 11 is 1.66. The van der Waals surface area contributed by atoms with Crippen molar-refractivity contribution in [3.05, 3.63) is 51.5 Å². The van der Waals surface area contributed by atoms with Gasteiger partial charge in [0.1, 0.15) is 5.82 Å². The number of nitrogens with zero attached hydrogens (tertiary/aromatic N) is 1. The Hall–Kier alpha value is -1.88. The number of halogens is 1. The molecular formula is C15H17FN2OS. The van der Waals surface area contributed by atoms with Crippen LogP contribution in [-0.2, 0) is 0 Å². The zero-order valence-electron chi connectivity index (χ0n) is 11.7. The molecule has 1 unspecified atom stereocenters. The van der Waals surface area contributed by atoms with Crippen LogP contribution in [0.4, 0.5) is 10.1 Å².